The van der Waals surface area contributed by atoms with Crippen LogP contribution in [0.15, 0.2) is 21.8 Å². The first-order valence-electron chi connectivity index (χ1n) is 6.33. The van der Waals surface area contributed by atoms with Gasteiger partial charge in [-0.3, -0.25) is 0 Å². The molecule has 0 aromatic rings. The fourth-order valence-corrected chi connectivity index (χ4v) is 2.39. The number of aliphatic hydroxyl groups excluding tert-OH is 1. The van der Waals surface area contributed by atoms with E-state index in [0.717, 1.165) is 25.0 Å². The van der Waals surface area contributed by atoms with Gasteiger partial charge < -0.3 is 14.6 Å². The van der Waals surface area contributed by atoms with Crippen LogP contribution in [0.2, 0.25) is 0 Å². The molecule has 1 fully saturated rings. The molecule has 18 heavy (non-hydrogen) atoms. The Morgan fingerprint density at radius 1 is 1.50 bits per heavy atom. The van der Waals surface area contributed by atoms with Gasteiger partial charge in [-0.25, -0.2) is 0 Å². The maximum absolute atomic E-state index is 8.95. The molecule has 0 aromatic heterocycles. The number of halogens is 1. The third-order valence-corrected chi connectivity index (χ3v) is 3.49. The van der Waals surface area contributed by atoms with Crippen molar-refractivity contribution in [2.75, 3.05) is 13.2 Å². The number of hydrogen-bond donors (Lipinski definition) is 1. The van der Waals surface area contributed by atoms with Crippen LogP contribution in [0, 0.1) is 5.92 Å². The van der Waals surface area contributed by atoms with Crippen LogP contribution in [0.5, 0.6) is 0 Å². The van der Waals surface area contributed by atoms with E-state index in [4.69, 9.17) is 14.6 Å². The van der Waals surface area contributed by atoms with Crippen LogP contribution in [-0.4, -0.2) is 30.2 Å². The van der Waals surface area contributed by atoms with E-state index in [1.165, 1.54) is 0 Å². The van der Waals surface area contributed by atoms with Crippen LogP contribution in [0.3, 0.4) is 0 Å². The Balaban J connectivity index is 2.53. The predicted molar refractivity (Wildman–Crippen MR) is 81.6 cm³/mol. The van der Waals surface area contributed by atoms with Crippen LogP contribution in [-0.2, 0) is 9.47 Å². The van der Waals surface area contributed by atoms with Crippen molar-refractivity contribution in [1.29, 1.82) is 0 Å². The Labute approximate surface area is 123 Å². The quantitative estimate of drug-likeness (QED) is 0.599. The van der Waals surface area contributed by atoms with Gasteiger partial charge in [-0.1, -0.05) is 34.2 Å². The summed E-state index contributed by atoms with van der Waals surface area (Å²) in [6.07, 6.45) is 6.27. The summed E-state index contributed by atoms with van der Waals surface area (Å²) < 4.78 is 13.6. The van der Waals surface area contributed by atoms with Gasteiger partial charge in [0.15, 0.2) is 5.79 Å². The highest BCUT2D eigenvalue weighted by Gasteiger charge is 2.34. The topological polar surface area (TPSA) is 38.7 Å². The molecule has 1 heterocycles. The van der Waals surface area contributed by atoms with Gasteiger partial charge in [-0.05, 0) is 43.8 Å². The van der Waals surface area contributed by atoms with E-state index in [2.05, 4.69) is 34.7 Å². The molecule has 0 radical (unpaired) electrons. The second-order valence-corrected chi connectivity index (χ2v) is 5.88. The SMILES string of the molecule is C/C(=C\CC[C@@H]1COC(C)(C)O[C@@H]1/C=C/I)CO. The molecular formula is C14H23IO3. The van der Waals surface area contributed by atoms with E-state index >= 15 is 0 Å². The Kier molecular flexibility index (Phi) is 6.84. The molecule has 1 rings (SSSR count). The smallest absolute Gasteiger partial charge is 0.163 e. The zero-order chi connectivity index (χ0) is 13.6. The number of ether oxygens (including phenoxy) is 2. The predicted octanol–water partition coefficient (Wildman–Crippen LogP) is 3.42. The maximum atomic E-state index is 8.95. The molecule has 0 saturated carbocycles. The van der Waals surface area contributed by atoms with Gasteiger partial charge in [-0.15, -0.1) is 0 Å². The summed E-state index contributed by atoms with van der Waals surface area (Å²) in [6.45, 7) is 6.71. The monoisotopic (exact) mass is 366 g/mol. The van der Waals surface area contributed by atoms with Crippen LogP contribution in [0.4, 0.5) is 0 Å². The van der Waals surface area contributed by atoms with Crippen LogP contribution in [0.1, 0.15) is 33.6 Å². The molecule has 3 nitrogen and oxygen atoms in total. The Bertz CT molecular complexity index is 310. The third kappa shape index (κ3) is 5.38. The standard InChI is InChI=1S/C14H23IO3/c1-11(9-16)5-4-6-12-10-17-14(2,3)18-13(12)7-8-15/h5,7-8,12-13,16H,4,6,9-10H2,1-3H3/b8-7+,11-5+/t12-,13-/m1/s1. The average molecular weight is 366 g/mol. The molecule has 0 bridgehead atoms. The van der Waals surface area contributed by atoms with Gasteiger partial charge in [0, 0.05) is 5.92 Å². The summed E-state index contributed by atoms with van der Waals surface area (Å²) in [5.74, 6) is -0.111. The highest BCUT2D eigenvalue weighted by molar-refractivity contribution is 14.1. The van der Waals surface area contributed by atoms with Crippen molar-refractivity contribution in [2.45, 2.75) is 45.5 Å². The minimum atomic E-state index is -0.492. The molecule has 1 aliphatic rings. The lowest BCUT2D eigenvalue weighted by Crippen LogP contribution is -2.44. The van der Waals surface area contributed by atoms with E-state index < -0.39 is 5.79 Å². The Morgan fingerprint density at radius 2 is 2.22 bits per heavy atom. The second-order valence-electron chi connectivity index (χ2n) is 5.16. The molecule has 1 aliphatic heterocycles. The maximum Gasteiger partial charge on any atom is 0.163 e. The minimum Gasteiger partial charge on any atom is -0.392 e. The van der Waals surface area contributed by atoms with Crippen LogP contribution >= 0.6 is 22.6 Å². The van der Waals surface area contributed by atoms with E-state index in [1.807, 2.05) is 24.9 Å². The van der Waals surface area contributed by atoms with E-state index in [0.29, 0.717) is 5.92 Å². The zero-order valence-corrected chi connectivity index (χ0v) is 13.5. The highest BCUT2D eigenvalue weighted by Crippen LogP contribution is 2.30. The molecule has 0 amide bonds. The van der Waals surface area contributed by atoms with Gasteiger partial charge in [0.1, 0.15) is 0 Å². The minimum absolute atomic E-state index is 0.119. The van der Waals surface area contributed by atoms with Gasteiger partial charge >= 0.3 is 0 Å². The molecule has 0 aliphatic carbocycles. The van der Waals surface area contributed by atoms with Crippen molar-refractivity contribution < 1.29 is 14.6 Å². The zero-order valence-electron chi connectivity index (χ0n) is 11.4. The fraction of sp³-hybridized carbons (Fsp3) is 0.714. The molecule has 104 valence electrons. The molecule has 1 saturated heterocycles. The Hall–Kier alpha value is 0.0900. The van der Waals surface area contributed by atoms with Crippen molar-refractivity contribution in [2.24, 2.45) is 5.92 Å². The molecule has 4 heteroatoms. The summed E-state index contributed by atoms with van der Waals surface area (Å²) in [5.41, 5.74) is 1.02. The van der Waals surface area contributed by atoms with Crippen molar-refractivity contribution in [3.8, 4) is 0 Å². The average Bonchev–Trinajstić information content (AvgIpc) is 2.31. The molecule has 0 aromatic carbocycles. The van der Waals surface area contributed by atoms with Crippen molar-refractivity contribution in [1.82, 2.24) is 0 Å². The normalized spacial score (nSPS) is 28.8. The Morgan fingerprint density at radius 3 is 2.83 bits per heavy atom. The number of aliphatic hydroxyl groups is 1. The van der Waals surface area contributed by atoms with Crippen molar-refractivity contribution in [3.05, 3.63) is 21.8 Å². The molecule has 0 unspecified atom stereocenters. The van der Waals surface area contributed by atoms with E-state index in [-0.39, 0.29) is 12.7 Å². The number of allylic oxidation sites excluding steroid dienone is 1. The lowest BCUT2D eigenvalue weighted by Gasteiger charge is -2.40. The second kappa shape index (κ2) is 7.62. The fourth-order valence-electron chi connectivity index (χ4n) is 1.98. The van der Waals surface area contributed by atoms with Crippen molar-refractivity contribution >= 4 is 22.6 Å². The summed E-state index contributed by atoms with van der Waals surface area (Å²) in [7, 11) is 0. The summed E-state index contributed by atoms with van der Waals surface area (Å²) >= 11 is 2.22. The van der Waals surface area contributed by atoms with Gasteiger partial charge in [0.25, 0.3) is 0 Å². The van der Waals surface area contributed by atoms with Crippen LogP contribution in [0.25, 0.3) is 0 Å². The molecular weight excluding hydrogens is 343 g/mol. The third-order valence-electron chi connectivity index (χ3n) is 3.07. The number of hydrogen-bond acceptors (Lipinski definition) is 3. The van der Waals surface area contributed by atoms with Gasteiger partial charge in [0.2, 0.25) is 0 Å². The number of rotatable bonds is 5. The largest absolute Gasteiger partial charge is 0.392 e. The van der Waals surface area contributed by atoms with Crippen LogP contribution < -0.4 is 0 Å². The first kappa shape index (κ1) is 16.1. The first-order chi connectivity index (χ1) is 8.48. The lowest BCUT2D eigenvalue weighted by atomic mass is 9.95. The first-order valence-corrected chi connectivity index (χ1v) is 7.58. The highest BCUT2D eigenvalue weighted by atomic mass is 127. The van der Waals surface area contributed by atoms with Gasteiger partial charge in [-0.2, -0.15) is 0 Å². The lowest BCUT2D eigenvalue weighted by molar-refractivity contribution is -0.282. The van der Waals surface area contributed by atoms with Gasteiger partial charge in [0.05, 0.1) is 19.3 Å². The molecule has 2 atom stereocenters. The molecule has 0 spiro atoms. The summed E-state index contributed by atoms with van der Waals surface area (Å²) in [6, 6.07) is 0. The van der Waals surface area contributed by atoms with E-state index in [9.17, 15) is 0 Å². The van der Waals surface area contributed by atoms with E-state index in [1.54, 1.807) is 0 Å². The molecule has 1 N–H and O–H groups in total. The summed E-state index contributed by atoms with van der Waals surface area (Å²) in [5, 5.41) is 8.95. The van der Waals surface area contributed by atoms with Crippen molar-refractivity contribution in [3.63, 3.8) is 0 Å². The summed E-state index contributed by atoms with van der Waals surface area (Å²) in [4.78, 5) is 0.